The van der Waals surface area contributed by atoms with Crippen LogP contribution in [0.5, 0.6) is 5.75 Å². The molecular formula is C18H19N3O3S. The third-order valence-corrected chi connectivity index (χ3v) is 6.00. The molecule has 2 aromatic carbocycles. The van der Waals surface area contributed by atoms with Crippen molar-refractivity contribution in [1.29, 1.82) is 0 Å². The molecule has 0 radical (unpaired) electrons. The number of nitrogens with one attached hydrogen (secondary N) is 1. The molecule has 0 bridgehead atoms. The Morgan fingerprint density at radius 3 is 2.80 bits per heavy atom. The molecule has 3 aromatic rings. The summed E-state index contributed by atoms with van der Waals surface area (Å²) in [5.41, 5.74) is 0.537. The summed E-state index contributed by atoms with van der Waals surface area (Å²) in [5, 5.41) is 8.20. The first-order chi connectivity index (χ1) is 12.1. The number of nitrogens with zero attached hydrogens (tertiary/aromatic N) is 2. The summed E-state index contributed by atoms with van der Waals surface area (Å²) in [6.45, 7) is 1.65. The summed E-state index contributed by atoms with van der Waals surface area (Å²) in [6.07, 6.45) is 3.85. The van der Waals surface area contributed by atoms with Gasteiger partial charge in [0, 0.05) is 11.4 Å². The number of fused-ring (bicyclic) bond motifs is 1. The summed E-state index contributed by atoms with van der Waals surface area (Å²) in [4.78, 5) is 0.215. The predicted molar refractivity (Wildman–Crippen MR) is 95.3 cm³/mol. The number of hydrogen-bond acceptors (Lipinski definition) is 5. The van der Waals surface area contributed by atoms with E-state index < -0.39 is 10.0 Å². The molecule has 4 rings (SSSR count). The maximum absolute atomic E-state index is 12.8. The Morgan fingerprint density at radius 2 is 2.04 bits per heavy atom. The van der Waals surface area contributed by atoms with Gasteiger partial charge in [-0.05, 0) is 49.7 Å². The number of benzene rings is 2. The molecule has 1 aromatic heterocycles. The van der Waals surface area contributed by atoms with Crippen molar-refractivity contribution in [2.24, 2.45) is 0 Å². The van der Waals surface area contributed by atoms with Gasteiger partial charge in [0.05, 0.1) is 16.6 Å². The maximum Gasteiger partial charge on any atom is 0.283 e. The summed E-state index contributed by atoms with van der Waals surface area (Å²) < 4.78 is 32.4. The Balaban J connectivity index is 1.62. The van der Waals surface area contributed by atoms with Crippen LogP contribution in [0.4, 0.5) is 0 Å². The number of rotatable bonds is 5. The van der Waals surface area contributed by atoms with Gasteiger partial charge in [-0.2, -0.15) is 17.6 Å². The molecule has 0 aliphatic carbocycles. The summed E-state index contributed by atoms with van der Waals surface area (Å²) in [6, 6.07) is 14.0. The minimum Gasteiger partial charge on any atom is -0.492 e. The molecule has 1 unspecified atom stereocenters. The summed E-state index contributed by atoms with van der Waals surface area (Å²) in [7, 11) is -3.71. The molecule has 1 saturated heterocycles. The monoisotopic (exact) mass is 357 g/mol. The van der Waals surface area contributed by atoms with Gasteiger partial charge in [0.25, 0.3) is 10.0 Å². The van der Waals surface area contributed by atoms with Crippen LogP contribution in [-0.4, -0.2) is 36.8 Å². The van der Waals surface area contributed by atoms with E-state index in [0.29, 0.717) is 18.2 Å². The van der Waals surface area contributed by atoms with Crippen LogP contribution < -0.4 is 10.1 Å². The van der Waals surface area contributed by atoms with E-state index in [-0.39, 0.29) is 4.90 Å². The molecule has 130 valence electrons. The fourth-order valence-corrected chi connectivity index (χ4v) is 4.35. The van der Waals surface area contributed by atoms with Gasteiger partial charge in [0.15, 0.2) is 0 Å². The molecule has 25 heavy (non-hydrogen) atoms. The average Bonchev–Trinajstić information content (AvgIpc) is 3.30. The van der Waals surface area contributed by atoms with Crippen LogP contribution in [0.15, 0.2) is 59.6 Å². The molecule has 1 atom stereocenters. The van der Waals surface area contributed by atoms with E-state index in [4.69, 9.17) is 4.74 Å². The topological polar surface area (TPSA) is 73.2 Å². The van der Waals surface area contributed by atoms with Crippen LogP contribution in [0.3, 0.4) is 0 Å². The van der Waals surface area contributed by atoms with Gasteiger partial charge in [-0.3, -0.25) is 0 Å². The molecule has 0 amide bonds. The minimum atomic E-state index is -3.71. The van der Waals surface area contributed by atoms with E-state index in [2.05, 4.69) is 10.4 Å². The van der Waals surface area contributed by atoms with Crippen LogP contribution in [0.2, 0.25) is 0 Å². The Labute approximate surface area is 146 Å². The van der Waals surface area contributed by atoms with Crippen LogP contribution in [0.1, 0.15) is 12.8 Å². The lowest BCUT2D eigenvalue weighted by Gasteiger charge is -2.12. The minimum absolute atomic E-state index is 0.215. The van der Waals surface area contributed by atoms with E-state index in [9.17, 15) is 8.42 Å². The van der Waals surface area contributed by atoms with E-state index in [1.54, 1.807) is 48.7 Å². The Hall–Kier alpha value is -2.38. The zero-order valence-electron chi connectivity index (χ0n) is 13.6. The summed E-state index contributed by atoms with van der Waals surface area (Å²) in [5.74, 6) is 0.720. The summed E-state index contributed by atoms with van der Waals surface area (Å²) >= 11 is 0. The highest BCUT2D eigenvalue weighted by Gasteiger charge is 2.20. The number of ether oxygens (including phenoxy) is 1. The van der Waals surface area contributed by atoms with Crippen LogP contribution >= 0.6 is 0 Å². The molecule has 0 saturated carbocycles. The van der Waals surface area contributed by atoms with Gasteiger partial charge in [0.2, 0.25) is 0 Å². The van der Waals surface area contributed by atoms with Gasteiger partial charge < -0.3 is 10.1 Å². The first kappa shape index (κ1) is 16.1. The predicted octanol–water partition coefficient (Wildman–Crippen LogP) is 2.40. The van der Waals surface area contributed by atoms with Crippen molar-refractivity contribution in [3.8, 4) is 5.75 Å². The molecule has 1 N–H and O–H groups in total. The quantitative estimate of drug-likeness (QED) is 0.759. The molecular weight excluding hydrogens is 338 g/mol. The Kier molecular flexibility index (Phi) is 4.19. The highest BCUT2D eigenvalue weighted by atomic mass is 32.2. The van der Waals surface area contributed by atoms with Crippen molar-refractivity contribution in [3.63, 3.8) is 0 Å². The molecule has 1 fully saturated rings. The third-order valence-electron chi connectivity index (χ3n) is 4.39. The van der Waals surface area contributed by atoms with E-state index in [1.165, 1.54) is 6.42 Å². The van der Waals surface area contributed by atoms with Crippen molar-refractivity contribution in [2.75, 3.05) is 13.2 Å². The average molecular weight is 357 g/mol. The second kappa shape index (κ2) is 6.50. The Morgan fingerprint density at radius 1 is 1.20 bits per heavy atom. The van der Waals surface area contributed by atoms with Gasteiger partial charge >= 0.3 is 0 Å². The smallest absolute Gasteiger partial charge is 0.283 e. The lowest BCUT2D eigenvalue weighted by atomic mass is 10.2. The first-order valence-corrected chi connectivity index (χ1v) is 9.73. The molecule has 0 spiro atoms. The Bertz CT molecular complexity index is 977. The molecule has 7 heteroatoms. The zero-order valence-corrected chi connectivity index (χ0v) is 14.4. The van der Waals surface area contributed by atoms with E-state index >= 15 is 0 Å². The highest BCUT2D eigenvalue weighted by molar-refractivity contribution is 7.90. The molecule has 6 nitrogen and oxygen atoms in total. The zero-order chi connectivity index (χ0) is 17.3. The lowest BCUT2D eigenvalue weighted by Crippen LogP contribution is -2.28. The van der Waals surface area contributed by atoms with Gasteiger partial charge in [-0.25, -0.2) is 0 Å². The number of hydrogen-bond donors (Lipinski definition) is 1. The fraction of sp³-hybridized carbons (Fsp3) is 0.278. The molecule has 1 aliphatic rings. The number of aromatic nitrogens is 2. The van der Waals surface area contributed by atoms with Gasteiger partial charge in [-0.15, -0.1) is 0 Å². The lowest BCUT2D eigenvalue weighted by molar-refractivity contribution is 0.277. The second-order valence-electron chi connectivity index (χ2n) is 6.13. The van der Waals surface area contributed by atoms with Gasteiger partial charge in [-0.1, -0.05) is 18.2 Å². The van der Waals surface area contributed by atoms with Crippen LogP contribution in [-0.2, 0) is 10.0 Å². The molecule has 1 aliphatic heterocycles. The largest absolute Gasteiger partial charge is 0.492 e. The van der Waals surface area contributed by atoms with Crippen molar-refractivity contribution in [1.82, 2.24) is 14.5 Å². The van der Waals surface area contributed by atoms with Crippen molar-refractivity contribution < 1.29 is 13.2 Å². The van der Waals surface area contributed by atoms with Crippen molar-refractivity contribution in [2.45, 2.75) is 23.8 Å². The maximum atomic E-state index is 12.8. The molecule has 2 heterocycles. The van der Waals surface area contributed by atoms with Crippen molar-refractivity contribution in [3.05, 3.63) is 54.7 Å². The SMILES string of the molecule is O=S(=O)(c1ccccc1)n1ncc2cc(OCC3CCCN3)ccc21. The highest BCUT2D eigenvalue weighted by Crippen LogP contribution is 2.24. The van der Waals surface area contributed by atoms with Crippen LogP contribution in [0.25, 0.3) is 10.9 Å². The second-order valence-corrected chi connectivity index (χ2v) is 7.90. The van der Waals surface area contributed by atoms with E-state index in [0.717, 1.165) is 28.2 Å². The first-order valence-electron chi connectivity index (χ1n) is 8.29. The third kappa shape index (κ3) is 3.12. The van der Waals surface area contributed by atoms with Crippen LogP contribution in [0, 0.1) is 0 Å². The standard InChI is InChI=1S/C18H19N3O3S/c22-25(23,17-6-2-1-3-7-17)21-18-9-8-16(11-14(18)12-20-21)24-13-15-5-4-10-19-15/h1-3,6-9,11-12,15,19H,4-5,10,13H2. The fourth-order valence-electron chi connectivity index (χ4n) is 3.06. The van der Waals surface area contributed by atoms with Crippen molar-refractivity contribution >= 4 is 20.9 Å². The normalized spacial score (nSPS) is 17.8. The van der Waals surface area contributed by atoms with Gasteiger partial charge in [0.1, 0.15) is 12.4 Å². The van der Waals surface area contributed by atoms with E-state index in [1.807, 2.05) is 6.07 Å².